The minimum Gasteiger partial charge on any atom is -0.344 e. The summed E-state index contributed by atoms with van der Waals surface area (Å²) in [7, 11) is 0. The molecule has 0 bridgehead atoms. The van der Waals surface area contributed by atoms with Gasteiger partial charge in [0, 0.05) is 17.0 Å². The third-order valence-electron chi connectivity index (χ3n) is 5.80. The quantitative estimate of drug-likeness (QED) is 0.778. The smallest absolute Gasteiger partial charge is 0.251 e. The lowest BCUT2D eigenvalue weighted by Gasteiger charge is -2.24. The van der Waals surface area contributed by atoms with Crippen LogP contribution in [0, 0.1) is 5.92 Å². The van der Waals surface area contributed by atoms with Crippen molar-refractivity contribution in [1.29, 1.82) is 0 Å². The zero-order valence-corrected chi connectivity index (χ0v) is 16.1. The molecule has 1 aromatic carbocycles. The van der Waals surface area contributed by atoms with Gasteiger partial charge in [-0.25, -0.2) is 0 Å². The van der Waals surface area contributed by atoms with Crippen LogP contribution in [0.2, 0.25) is 0 Å². The summed E-state index contributed by atoms with van der Waals surface area (Å²) in [5, 5.41) is 5.47. The second kappa shape index (κ2) is 8.36. The van der Waals surface area contributed by atoms with Gasteiger partial charge in [0.15, 0.2) is 0 Å². The van der Waals surface area contributed by atoms with Gasteiger partial charge in [-0.3, -0.25) is 9.69 Å². The number of nitrogens with zero attached hydrogens (tertiary/aromatic N) is 1. The summed E-state index contributed by atoms with van der Waals surface area (Å²) in [6.07, 6.45) is 7.60. The molecule has 1 saturated heterocycles. The highest BCUT2D eigenvalue weighted by Gasteiger charge is 2.28. The first kappa shape index (κ1) is 17.7. The number of rotatable bonds is 6. The molecule has 1 atom stereocenters. The highest BCUT2D eigenvalue weighted by atomic mass is 32.1. The topological polar surface area (TPSA) is 32.3 Å². The molecule has 2 heterocycles. The van der Waals surface area contributed by atoms with Crippen LogP contribution >= 0.6 is 11.3 Å². The molecule has 3 nitrogen and oxygen atoms in total. The van der Waals surface area contributed by atoms with E-state index in [1.807, 2.05) is 12.1 Å². The monoisotopic (exact) mass is 368 g/mol. The standard InChI is InChI=1S/C22H28N2OS/c25-22(19-10-5-7-17(15-19)16-24-12-3-4-13-24)23-21(18-8-1-2-9-18)20-11-6-14-26-20/h5-7,10-11,14-15,18,21H,1-4,8-9,12-13,16H2,(H,23,25). The lowest BCUT2D eigenvalue weighted by molar-refractivity contribution is 0.0922. The normalized spacial score (nSPS) is 19.7. The first-order chi connectivity index (χ1) is 12.8. The molecule has 1 aromatic heterocycles. The molecule has 1 aliphatic heterocycles. The molecule has 2 aromatic rings. The Morgan fingerprint density at radius 3 is 2.65 bits per heavy atom. The molecule has 1 amide bonds. The second-order valence-corrected chi connectivity index (χ2v) is 8.67. The number of likely N-dealkylation sites (tertiary alicyclic amines) is 1. The number of thiophene rings is 1. The number of nitrogens with one attached hydrogen (secondary N) is 1. The number of amides is 1. The van der Waals surface area contributed by atoms with Crippen molar-refractivity contribution in [1.82, 2.24) is 10.2 Å². The van der Waals surface area contributed by atoms with Gasteiger partial charge in [0.2, 0.25) is 0 Å². The SMILES string of the molecule is O=C(NC(c1cccs1)C1CCCC1)c1cccc(CN2CCCC2)c1. The Morgan fingerprint density at radius 2 is 1.92 bits per heavy atom. The van der Waals surface area contributed by atoms with Gasteiger partial charge in [0.25, 0.3) is 5.91 Å². The summed E-state index contributed by atoms with van der Waals surface area (Å²) in [5.41, 5.74) is 2.04. The minimum absolute atomic E-state index is 0.0681. The van der Waals surface area contributed by atoms with Gasteiger partial charge in [-0.2, -0.15) is 0 Å². The fourth-order valence-corrected chi connectivity index (χ4v) is 5.28. The van der Waals surface area contributed by atoms with Crippen molar-refractivity contribution in [3.05, 3.63) is 57.8 Å². The van der Waals surface area contributed by atoms with Crippen molar-refractivity contribution in [2.45, 2.75) is 51.1 Å². The van der Waals surface area contributed by atoms with Crippen LogP contribution in [0.1, 0.15) is 65.4 Å². The van der Waals surface area contributed by atoms with Gasteiger partial charge in [-0.15, -0.1) is 11.3 Å². The van der Waals surface area contributed by atoms with E-state index in [-0.39, 0.29) is 11.9 Å². The molecular formula is C22H28N2OS. The Labute approximate surface area is 160 Å². The molecule has 2 fully saturated rings. The van der Waals surface area contributed by atoms with E-state index in [4.69, 9.17) is 0 Å². The molecule has 138 valence electrons. The summed E-state index contributed by atoms with van der Waals surface area (Å²) in [6, 6.07) is 12.6. The van der Waals surface area contributed by atoms with E-state index in [1.165, 1.54) is 62.1 Å². The summed E-state index contributed by atoms with van der Waals surface area (Å²) in [5.74, 6) is 0.643. The lowest BCUT2D eigenvalue weighted by Crippen LogP contribution is -2.32. The van der Waals surface area contributed by atoms with Gasteiger partial charge in [0.05, 0.1) is 6.04 Å². The van der Waals surface area contributed by atoms with E-state index in [0.717, 1.165) is 12.1 Å². The van der Waals surface area contributed by atoms with E-state index in [9.17, 15) is 4.79 Å². The van der Waals surface area contributed by atoms with Crippen LogP contribution in [-0.4, -0.2) is 23.9 Å². The first-order valence-corrected chi connectivity index (χ1v) is 10.8. The van der Waals surface area contributed by atoms with Crippen LogP contribution in [0.4, 0.5) is 0 Å². The van der Waals surface area contributed by atoms with Gasteiger partial charge >= 0.3 is 0 Å². The Balaban J connectivity index is 1.47. The summed E-state index contributed by atoms with van der Waals surface area (Å²) in [6.45, 7) is 3.31. The third-order valence-corrected chi connectivity index (χ3v) is 6.76. The Bertz CT molecular complexity index is 716. The lowest BCUT2D eigenvalue weighted by atomic mass is 9.96. The Kier molecular flexibility index (Phi) is 5.71. The molecule has 1 saturated carbocycles. The van der Waals surface area contributed by atoms with Crippen LogP contribution in [-0.2, 0) is 6.54 Å². The molecule has 1 N–H and O–H groups in total. The first-order valence-electron chi connectivity index (χ1n) is 9.95. The molecule has 0 spiro atoms. The van der Waals surface area contributed by atoms with Gasteiger partial charge in [-0.1, -0.05) is 31.0 Å². The second-order valence-electron chi connectivity index (χ2n) is 7.69. The fourth-order valence-electron chi connectivity index (χ4n) is 4.41. The Morgan fingerprint density at radius 1 is 1.12 bits per heavy atom. The zero-order chi connectivity index (χ0) is 17.8. The largest absolute Gasteiger partial charge is 0.344 e. The number of benzene rings is 1. The van der Waals surface area contributed by atoms with E-state index in [1.54, 1.807) is 11.3 Å². The van der Waals surface area contributed by atoms with Crippen molar-refractivity contribution < 1.29 is 4.79 Å². The van der Waals surface area contributed by atoms with Crippen molar-refractivity contribution >= 4 is 17.2 Å². The molecule has 4 heteroatoms. The van der Waals surface area contributed by atoms with Crippen LogP contribution in [0.15, 0.2) is 41.8 Å². The predicted octanol–water partition coefficient (Wildman–Crippen LogP) is 5.01. The van der Waals surface area contributed by atoms with Crippen LogP contribution < -0.4 is 5.32 Å². The summed E-state index contributed by atoms with van der Waals surface area (Å²) in [4.78, 5) is 16.7. The minimum atomic E-state index is 0.0681. The van der Waals surface area contributed by atoms with Gasteiger partial charge in [-0.05, 0) is 73.8 Å². The van der Waals surface area contributed by atoms with E-state index >= 15 is 0 Å². The van der Waals surface area contributed by atoms with Gasteiger partial charge < -0.3 is 5.32 Å². The van der Waals surface area contributed by atoms with Crippen LogP contribution in [0.3, 0.4) is 0 Å². The highest BCUT2D eigenvalue weighted by Crippen LogP contribution is 2.37. The molecule has 26 heavy (non-hydrogen) atoms. The third kappa shape index (κ3) is 4.18. The van der Waals surface area contributed by atoms with E-state index in [0.29, 0.717) is 5.92 Å². The molecule has 0 radical (unpaired) electrons. The van der Waals surface area contributed by atoms with Crippen molar-refractivity contribution in [2.24, 2.45) is 5.92 Å². The van der Waals surface area contributed by atoms with Crippen molar-refractivity contribution in [3.63, 3.8) is 0 Å². The van der Waals surface area contributed by atoms with Crippen molar-refractivity contribution in [2.75, 3.05) is 13.1 Å². The number of hydrogen-bond donors (Lipinski definition) is 1. The zero-order valence-electron chi connectivity index (χ0n) is 15.3. The summed E-state index contributed by atoms with van der Waals surface area (Å²) < 4.78 is 0. The number of carbonyl (C=O) groups excluding carboxylic acids is 1. The van der Waals surface area contributed by atoms with Crippen LogP contribution in [0.5, 0.6) is 0 Å². The molecule has 4 rings (SSSR count). The fraction of sp³-hybridized carbons (Fsp3) is 0.500. The maximum absolute atomic E-state index is 13.0. The maximum atomic E-state index is 13.0. The average Bonchev–Trinajstić information content (AvgIpc) is 3.42. The highest BCUT2D eigenvalue weighted by molar-refractivity contribution is 7.10. The number of carbonyl (C=O) groups is 1. The molecular weight excluding hydrogens is 340 g/mol. The average molecular weight is 369 g/mol. The predicted molar refractivity (Wildman–Crippen MR) is 107 cm³/mol. The molecule has 1 unspecified atom stereocenters. The van der Waals surface area contributed by atoms with E-state index in [2.05, 4.69) is 39.9 Å². The van der Waals surface area contributed by atoms with Crippen molar-refractivity contribution in [3.8, 4) is 0 Å². The van der Waals surface area contributed by atoms with Crippen LogP contribution in [0.25, 0.3) is 0 Å². The maximum Gasteiger partial charge on any atom is 0.251 e. The number of hydrogen-bond acceptors (Lipinski definition) is 3. The Hall–Kier alpha value is -1.65. The molecule has 1 aliphatic carbocycles. The van der Waals surface area contributed by atoms with E-state index < -0.39 is 0 Å². The summed E-state index contributed by atoms with van der Waals surface area (Å²) >= 11 is 1.76. The molecule has 2 aliphatic rings. The van der Waals surface area contributed by atoms with Gasteiger partial charge in [0.1, 0.15) is 0 Å².